The second-order valence-corrected chi connectivity index (χ2v) is 5.92. The lowest BCUT2D eigenvalue weighted by Gasteiger charge is -2.29. The van der Waals surface area contributed by atoms with Gasteiger partial charge >= 0.3 is 0 Å². The fraction of sp³-hybridized carbons (Fsp3) is 0.750. The van der Waals surface area contributed by atoms with Crippen LogP contribution in [0.5, 0.6) is 0 Å². The van der Waals surface area contributed by atoms with Crippen LogP contribution in [0.1, 0.15) is 12.8 Å². The van der Waals surface area contributed by atoms with Crippen molar-refractivity contribution in [3.63, 3.8) is 0 Å². The first-order valence-corrected chi connectivity index (χ1v) is 6.05. The molecule has 1 heterocycles. The van der Waals surface area contributed by atoms with Gasteiger partial charge in [0.05, 0.1) is 11.8 Å². The third-order valence-corrected chi connectivity index (χ3v) is 5.49. The summed E-state index contributed by atoms with van der Waals surface area (Å²) in [5, 5.41) is 2.38. The third kappa shape index (κ3) is 1.56. The molecule has 13 heavy (non-hydrogen) atoms. The number of alkyl halides is 2. The summed E-state index contributed by atoms with van der Waals surface area (Å²) in [5.41, 5.74) is 0. The van der Waals surface area contributed by atoms with Gasteiger partial charge in [0.2, 0.25) is 11.8 Å². The second kappa shape index (κ2) is 3.35. The van der Waals surface area contributed by atoms with Gasteiger partial charge in [0.15, 0.2) is 0 Å². The zero-order valence-corrected chi connectivity index (χ0v) is 9.97. The Balaban J connectivity index is 2.19. The Morgan fingerprint density at radius 1 is 1.00 bits per heavy atom. The molecule has 0 radical (unpaired) electrons. The van der Waals surface area contributed by atoms with Crippen molar-refractivity contribution in [2.24, 2.45) is 11.8 Å². The number of rotatable bonds is 0. The maximum Gasteiger partial charge on any atom is 0.230 e. The van der Waals surface area contributed by atoms with Gasteiger partial charge in [0.25, 0.3) is 0 Å². The van der Waals surface area contributed by atoms with Crippen molar-refractivity contribution in [3.8, 4) is 0 Å². The number of nitrogens with one attached hydrogen (secondary N) is 1. The largest absolute Gasteiger partial charge is 0.296 e. The van der Waals surface area contributed by atoms with E-state index in [4.69, 9.17) is 0 Å². The van der Waals surface area contributed by atoms with E-state index in [-0.39, 0.29) is 23.7 Å². The molecule has 0 bridgehead atoms. The van der Waals surface area contributed by atoms with Crippen LogP contribution in [-0.4, -0.2) is 21.5 Å². The van der Waals surface area contributed by atoms with Gasteiger partial charge in [-0.15, -0.1) is 0 Å². The van der Waals surface area contributed by atoms with Gasteiger partial charge in [-0.3, -0.25) is 14.9 Å². The van der Waals surface area contributed by atoms with Crippen molar-refractivity contribution in [3.05, 3.63) is 0 Å². The lowest BCUT2D eigenvalue weighted by molar-refractivity contribution is -0.126. The Kier molecular flexibility index (Phi) is 2.49. The predicted octanol–water partition coefficient (Wildman–Crippen LogP) is 1.20. The smallest absolute Gasteiger partial charge is 0.230 e. The van der Waals surface area contributed by atoms with Gasteiger partial charge in [-0.1, -0.05) is 31.9 Å². The molecule has 5 heteroatoms. The second-order valence-electron chi connectivity index (χ2n) is 3.57. The lowest BCUT2D eigenvalue weighted by Crippen LogP contribution is -2.34. The fourth-order valence-electron chi connectivity index (χ4n) is 2.00. The number of carbonyl (C=O) groups excluding carboxylic acids is 2. The van der Waals surface area contributed by atoms with Crippen LogP contribution < -0.4 is 5.32 Å². The van der Waals surface area contributed by atoms with Gasteiger partial charge in [-0.05, 0) is 12.8 Å². The molecule has 1 saturated heterocycles. The van der Waals surface area contributed by atoms with Crippen molar-refractivity contribution in [2.45, 2.75) is 22.5 Å². The number of imide groups is 1. The molecule has 2 aliphatic rings. The summed E-state index contributed by atoms with van der Waals surface area (Å²) in [6.45, 7) is 0. The molecular weight excluding hydrogens is 302 g/mol. The van der Waals surface area contributed by atoms with Crippen molar-refractivity contribution >= 4 is 43.7 Å². The normalized spacial score (nSPS) is 44.5. The standard InChI is InChI=1S/C8H9Br2NO2/c9-5-1-3-4(2-6(5)10)8(13)11-7(3)12/h3-6H,1-2H2,(H,11,12,13)/t3-,4-,5-,6+/m1/s1. The molecule has 0 aromatic rings. The van der Waals surface area contributed by atoms with E-state index in [2.05, 4.69) is 37.2 Å². The van der Waals surface area contributed by atoms with Crippen LogP contribution in [0.3, 0.4) is 0 Å². The monoisotopic (exact) mass is 309 g/mol. The number of hydrogen-bond donors (Lipinski definition) is 1. The average molecular weight is 311 g/mol. The van der Waals surface area contributed by atoms with E-state index in [1.54, 1.807) is 0 Å². The third-order valence-electron chi connectivity index (χ3n) is 2.76. The highest BCUT2D eigenvalue weighted by Crippen LogP contribution is 2.40. The summed E-state index contributed by atoms with van der Waals surface area (Å²) in [7, 11) is 0. The van der Waals surface area contributed by atoms with Crippen molar-refractivity contribution in [1.29, 1.82) is 0 Å². The highest BCUT2D eigenvalue weighted by atomic mass is 79.9. The molecule has 1 N–H and O–H groups in total. The summed E-state index contributed by atoms with van der Waals surface area (Å²) < 4.78 is 0. The summed E-state index contributed by atoms with van der Waals surface area (Å²) in [4.78, 5) is 23.2. The van der Waals surface area contributed by atoms with Crippen molar-refractivity contribution in [2.75, 3.05) is 0 Å². The molecule has 72 valence electrons. The maximum atomic E-state index is 11.3. The van der Waals surface area contributed by atoms with E-state index < -0.39 is 0 Å². The van der Waals surface area contributed by atoms with Crippen LogP contribution >= 0.6 is 31.9 Å². The van der Waals surface area contributed by atoms with Crippen LogP contribution in [0.15, 0.2) is 0 Å². The van der Waals surface area contributed by atoms with Gasteiger partial charge in [0, 0.05) is 9.65 Å². The van der Waals surface area contributed by atoms with Crippen LogP contribution in [0.25, 0.3) is 0 Å². The first kappa shape index (κ1) is 9.65. The molecule has 1 aliphatic heterocycles. The molecule has 2 fully saturated rings. The van der Waals surface area contributed by atoms with Crippen LogP contribution in [0.4, 0.5) is 0 Å². The van der Waals surface area contributed by atoms with Crippen LogP contribution in [0.2, 0.25) is 0 Å². The summed E-state index contributed by atoms with van der Waals surface area (Å²) >= 11 is 7.00. The van der Waals surface area contributed by atoms with Crippen LogP contribution in [-0.2, 0) is 9.59 Å². The SMILES string of the molecule is O=C1NC(=O)[C@@H]2C[C@H](Br)[C@H](Br)C[C@@H]12. The molecule has 0 aromatic heterocycles. The van der Waals surface area contributed by atoms with E-state index in [1.165, 1.54) is 0 Å². The van der Waals surface area contributed by atoms with Crippen molar-refractivity contribution in [1.82, 2.24) is 5.32 Å². The molecule has 0 unspecified atom stereocenters. The van der Waals surface area contributed by atoms with Gasteiger partial charge in [-0.2, -0.15) is 0 Å². The minimum atomic E-state index is -0.106. The Bertz CT molecular complexity index is 243. The zero-order valence-electron chi connectivity index (χ0n) is 6.80. The molecular formula is C8H9Br2NO2. The highest BCUT2D eigenvalue weighted by Gasteiger charge is 2.47. The Labute approximate surface area is 92.9 Å². The minimum absolute atomic E-state index is 0.0983. The summed E-state index contributed by atoms with van der Waals surface area (Å²) in [5.74, 6) is -0.408. The van der Waals surface area contributed by atoms with E-state index in [1.807, 2.05) is 0 Å². The first-order chi connectivity index (χ1) is 6.09. The number of hydrogen-bond acceptors (Lipinski definition) is 2. The molecule has 2 amide bonds. The van der Waals surface area contributed by atoms with Crippen molar-refractivity contribution < 1.29 is 9.59 Å². The molecule has 1 aliphatic carbocycles. The van der Waals surface area contributed by atoms with E-state index >= 15 is 0 Å². The topological polar surface area (TPSA) is 46.2 Å². The molecule has 1 saturated carbocycles. The summed E-state index contributed by atoms with van der Waals surface area (Å²) in [6.07, 6.45) is 1.50. The molecule has 4 atom stereocenters. The lowest BCUT2D eigenvalue weighted by atomic mass is 9.81. The maximum absolute atomic E-state index is 11.3. The molecule has 3 nitrogen and oxygen atoms in total. The Morgan fingerprint density at radius 3 is 1.77 bits per heavy atom. The van der Waals surface area contributed by atoms with E-state index in [0.717, 1.165) is 12.8 Å². The highest BCUT2D eigenvalue weighted by molar-refractivity contribution is 9.12. The Hall–Kier alpha value is 0.1000. The fourth-order valence-corrected chi connectivity index (χ4v) is 3.23. The molecule has 0 aromatic carbocycles. The number of amides is 2. The van der Waals surface area contributed by atoms with E-state index in [0.29, 0.717) is 9.65 Å². The number of carbonyl (C=O) groups is 2. The average Bonchev–Trinajstić information content (AvgIpc) is 2.31. The number of halogens is 2. The van der Waals surface area contributed by atoms with Gasteiger partial charge < -0.3 is 0 Å². The molecule has 2 rings (SSSR count). The minimum Gasteiger partial charge on any atom is -0.296 e. The van der Waals surface area contributed by atoms with Gasteiger partial charge in [-0.25, -0.2) is 0 Å². The van der Waals surface area contributed by atoms with Gasteiger partial charge in [0.1, 0.15) is 0 Å². The molecule has 0 spiro atoms. The van der Waals surface area contributed by atoms with Crippen LogP contribution in [0, 0.1) is 11.8 Å². The summed E-state index contributed by atoms with van der Waals surface area (Å²) in [6, 6.07) is 0. The predicted molar refractivity (Wildman–Crippen MR) is 54.8 cm³/mol. The number of fused-ring (bicyclic) bond motifs is 1. The first-order valence-electron chi connectivity index (χ1n) is 4.22. The zero-order chi connectivity index (χ0) is 9.59. The van der Waals surface area contributed by atoms with E-state index in [9.17, 15) is 9.59 Å². The Morgan fingerprint density at radius 2 is 1.38 bits per heavy atom. The quantitative estimate of drug-likeness (QED) is 0.540.